The Morgan fingerprint density at radius 3 is 2.39 bits per heavy atom. The van der Waals surface area contributed by atoms with E-state index in [0.29, 0.717) is 30.5 Å². The maximum Gasteiger partial charge on any atom is 0.325 e. The molecule has 0 atom stereocenters. The lowest BCUT2D eigenvalue weighted by Gasteiger charge is -2.11. The average Bonchev–Trinajstić information content (AvgIpc) is 3.38. The molecule has 176 valence electrons. The molecular formula is C25H31N3O4S. The van der Waals surface area contributed by atoms with Gasteiger partial charge in [0.15, 0.2) is 0 Å². The van der Waals surface area contributed by atoms with Crippen LogP contribution in [0.3, 0.4) is 0 Å². The molecule has 0 bridgehead atoms. The molecule has 2 aromatic heterocycles. The van der Waals surface area contributed by atoms with Crippen molar-refractivity contribution in [2.45, 2.75) is 53.9 Å². The van der Waals surface area contributed by atoms with Gasteiger partial charge in [0.2, 0.25) is 11.8 Å². The van der Waals surface area contributed by atoms with Gasteiger partial charge in [-0.25, -0.2) is 0 Å². The number of hydrogen-bond donors (Lipinski definition) is 1. The molecule has 0 fully saturated rings. The summed E-state index contributed by atoms with van der Waals surface area (Å²) in [7, 11) is 1.29. The molecule has 8 heteroatoms. The Morgan fingerprint density at radius 2 is 1.76 bits per heavy atom. The largest absolute Gasteiger partial charge is 0.468 e. The predicted octanol–water partition coefficient (Wildman–Crippen LogP) is 4.81. The molecule has 1 amide bonds. The van der Waals surface area contributed by atoms with Crippen LogP contribution in [0.5, 0.6) is 0 Å². The number of carbonyl (C=O) groups excluding carboxylic acids is 2. The number of esters is 1. The number of aryl methyl sites for hydroxylation is 3. The van der Waals surface area contributed by atoms with Gasteiger partial charge in [-0.15, -0.1) is 21.5 Å². The van der Waals surface area contributed by atoms with Gasteiger partial charge in [-0.1, -0.05) is 13.8 Å². The minimum absolute atomic E-state index is 0.117. The standard InChI is InChI=1S/C25H31N3O4S/c1-14(2)9-18-12-21(33-17(18)5)25-28-27-24(32-25)19-10-15(3)20(16(4)11-19)7-8-22(29)26-13-23(30)31-6/h10-12,14H,7-9,13H2,1-6H3,(H,26,29). The van der Waals surface area contributed by atoms with Gasteiger partial charge in [0.1, 0.15) is 6.54 Å². The molecule has 0 aliphatic carbocycles. The number of carbonyl (C=O) groups is 2. The lowest BCUT2D eigenvalue weighted by molar-refractivity contribution is -0.141. The summed E-state index contributed by atoms with van der Waals surface area (Å²) in [6, 6.07) is 6.17. The van der Waals surface area contributed by atoms with Gasteiger partial charge in [-0.3, -0.25) is 9.59 Å². The van der Waals surface area contributed by atoms with E-state index in [0.717, 1.165) is 33.6 Å². The van der Waals surface area contributed by atoms with Gasteiger partial charge in [-0.2, -0.15) is 0 Å². The molecule has 0 unspecified atom stereocenters. The van der Waals surface area contributed by atoms with Crippen LogP contribution in [-0.2, 0) is 27.2 Å². The van der Waals surface area contributed by atoms with Crippen molar-refractivity contribution in [3.05, 3.63) is 45.3 Å². The van der Waals surface area contributed by atoms with Crippen molar-refractivity contribution in [2.75, 3.05) is 13.7 Å². The van der Waals surface area contributed by atoms with Crippen LogP contribution in [0, 0.1) is 26.7 Å². The average molecular weight is 470 g/mol. The van der Waals surface area contributed by atoms with E-state index >= 15 is 0 Å². The molecule has 3 aromatic rings. The Kier molecular flexibility index (Phi) is 8.02. The summed E-state index contributed by atoms with van der Waals surface area (Å²) < 4.78 is 10.6. The van der Waals surface area contributed by atoms with Crippen LogP contribution in [0.2, 0.25) is 0 Å². The predicted molar refractivity (Wildman–Crippen MR) is 129 cm³/mol. The van der Waals surface area contributed by atoms with Crippen molar-refractivity contribution in [1.29, 1.82) is 0 Å². The van der Waals surface area contributed by atoms with Crippen molar-refractivity contribution in [1.82, 2.24) is 15.5 Å². The van der Waals surface area contributed by atoms with Crippen LogP contribution >= 0.6 is 11.3 Å². The van der Waals surface area contributed by atoms with Crippen molar-refractivity contribution >= 4 is 23.2 Å². The molecule has 0 radical (unpaired) electrons. The van der Waals surface area contributed by atoms with Crippen LogP contribution in [0.25, 0.3) is 22.2 Å². The Morgan fingerprint density at radius 1 is 1.09 bits per heavy atom. The van der Waals surface area contributed by atoms with Crippen molar-refractivity contribution in [2.24, 2.45) is 5.92 Å². The van der Waals surface area contributed by atoms with Crippen molar-refractivity contribution in [3.63, 3.8) is 0 Å². The van der Waals surface area contributed by atoms with Gasteiger partial charge in [0.05, 0.1) is 12.0 Å². The second-order valence-electron chi connectivity index (χ2n) is 8.64. The minimum atomic E-state index is -0.465. The fraction of sp³-hybridized carbons (Fsp3) is 0.440. The Balaban J connectivity index is 1.72. The highest BCUT2D eigenvalue weighted by atomic mass is 32.1. The normalized spacial score (nSPS) is 11.1. The SMILES string of the molecule is COC(=O)CNC(=O)CCc1c(C)cc(-c2nnc(-c3cc(CC(C)C)c(C)s3)o2)cc1C. The molecule has 0 aliphatic rings. The first kappa shape index (κ1) is 24.6. The summed E-state index contributed by atoms with van der Waals surface area (Å²) in [6.07, 6.45) is 1.90. The number of benzene rings is 1. The number of methoxy groups -OCH3 is 1. The minimum Gasteiger partial charge on any atom is -0.468 e. The van der Waals surface area contributed by atoms with E-state index in [2.05, 4.69) is 47.1 Å². The van der Waals surface area contributed by atoms with Crippen LogP contribution in [0.15, 0.2) is 22.6 Å². The third-order valence-electron chi connectivity index (χ3n) is 5.49. The van der Waals surface area contributed by atoms with E-state index < -0.39 is 5.97 Å². The van der Waals surface area contributed by atoms with Crippen molar-refractivity contribution in [3.8, 4) is 22.2 Å². The Labute approximate surface area is 198 Å². The van der Waals surface area contributed by atoms with Gasteiger partial charge in [-0.05, 0) is 80.0 Å². The van der Waals surface area contributed by atoms with E-state index in [9.17, 15) is 9.59 Å². The Hall–Kier alpha value is -3.00. The highest BCUT2D eigenvalue weighted by molar-refractivity contribution is 7.15. The molecule has 0 spiro atoms. The number of aromatic nitrogens is 2. The maximum atomic E-state index is 12.0. The first-order valence-corrected chi connectivity index (χ1v) is 11.9. The second kappa shape index (κ2) is 10.7. The zero-order chi connectivity index (χ0) is 24.1. The van der Waals surface area contributed by atoms with Gasteiger partial charge >= 0.3 is 5.97 Å². The number of rotatable bonds is 9. The zero-order valence-corrected chi connectivity index (χ0v) is 20.9. The molecule has 0 aliphatic heterocycles. The molecule has 33 heavy (non-hydrogen) atoms. The summed E-state index contributed by atoms with van der Waals surface area (Å²) in [4.78, 5) is 25.5. The molecule has 7 nitrogen and oxygen atoms in total. The third kappa shape index (κ3) is 6.28. The van der Waals surface area contributed by atoms with E-state index in [4.69, 9.17) is 4.42 Å². The summed E-state index contributed by atoms with van der Waals surface area (Å²) in [5, 5.41) is 11.1. The van der Waals surface area contributed by atoms with E-state index in [1.165, 1.54) is 17.6 Å². The van der Waals surface area contributed by atoms with Gasteiger partial charge in [0.25, 0.3) is 5.89 Å². The number of hydrogen-bond acceptors (Lipinski definition) is 7. The number of nitrogens with one attached hydrogen (secondary N) is 1. The molecule has 2 heterocycles. The molecule has 1 N–H and O–H groups in total. The molecule has 1 aromatic carbocycles. The lowest BCUT2D eigenvalue weighted by atomic mass is 9.95. The van der Waals surface area contributed by atoms with Crippen LogP contribution in [0.1, 0.15) is 47.4 Å². The summed E-state index contributed by atoms with van der Waals surface area (Å²) in [5.41, 5.74) is 5.39. The Bertz CT molecular complexity index is 1120. The van der Waals surface area contributed by atoms with Crippen LogP contribution in [0.4, 0.5) is 0 Å². The number of nitrogens with zero attached hydrogens (tertiary/aromatic N) is 2. The highest BCUT2D eigenvalue weighted by Crippen LogP contribution is 2.33. The third-order valence-corrected chi connectivity index (χ3v) is 6.57. The summed E-state index contributed by atoms with van der Waals surface area (Å²) in [6.45, 7) is 10.5. The van der Waals surface area contributed by atoms with E-state index in [-0.39, 0.29) is 12.5 Å². The zero-order valence-electron chi connectivity index (χ0n) is 20.1. The second-order valence-corrected chi connectivity index (χ2v) is 9.90. The highest BCUT2D eigenvalue weighted by Gasteiger charge is 2.17. The van der Waals surface area contributed by atoms with E-state index in [1.807, 2.05) is 26.0 Å². The van der Waals surface area contributed by atoms with Crippen LogP contribution < -0.4 is 5.32 Å². The van der Waals surface area contributed by atoms with Crippen LogP contribution in [-0.4, -0.2) is 35.7 Å². The fourth-order valence-corrected chi connectivity index (χ4v) is 4.76. The lowest BCUT2D eigenvalue weighted by Crippen LogP contribution is -2.30. The number of ether oxygens (including phenoxy) is 1. The first-order chi connectivity index (χ1) is 15.7. The van der Waals surface area contributed by atoms with Gasteiger partial charge in [0, 0.05) is 16.9 Å². The molecule has 3 rings (SSSR count). The monoisotopic (exact) mass is 469 g/mol. The van der Waals surface area contributed by atoms with E-state index in [1.54, 1.807) is 11.3 Å². The van der Waals surface area contributed by atoms with Crippen molar-refractivity contribution < 1.29 is 18.7 Å². The molecule has 0 saturated heterocycles. The quantitative estimate of drug-likeness (QED) is 0.452. The molecular weight excluding hydrogens is 438 g/mol. The van der Waals surface area contributed by atoms with Gasteiger partial charge < -0.3 is 14.5 Å². The summed E-state index contributed by atoms with van der Waals surface area (Å²) >= 11 is 1.68. The molecule has 0 saturated carbocycles. The fourth-order valence-electron chi connectivity index (χ4n) is 3.79. The smallest absolute Gasteiger partial charge is 0.325 e. The number of thiophene rings is 1. The first-order valence-electron chi connectivity index (χ1n) is 11.0. The topological polar surface area (TPSA) is 94.3 Å². The summed E-state index contributed by atoms with van der Waals surface area (Å²) in [5.74, 6) is 0.957. The maximum absolute atomic E-state index is 12.0. The number of amides is 1.